The third-order valence-corrected chi connectivity index (χ3v) is 6.42. The second kappa shape index (κ2) is 6.89. The first-order valence-corrected chi connectivity index (χ1v) is 10.6. The van der Waals surface area contributed by atoms with Crippen LogP contribution in [0.15, 0.2) is 41.6 Å². The minimum Gasteiger partial charge on any atom is -0.323 e. The Hall–Kier alpha value is -2.85. The van der Waals surface area contributed by atoms with Crippen LogP contribution in [0.4, 0.5) is 9.18 Å². The Bertz CT molecular complexity index is 1100. The molecule has 4 N–H and O–H groups in total. The fourth-order valence-corrected chi connectivity index (χ4v) is 4.89. The van der Waals surface area contributed by atoms with Gasteiger partial charge >= 0.3 is 6.03 Å². The number of urea groups is 1. The molecule has 8 nitrogen and oxygen atoms in total. The van der Waals surface area contributed by atoms with Crippen LogP contribution in [0.5, 0.6) is 0 Å². The number of halogens is 1. The number of nitrogens with one attached hydrogen (secondary N) is 2. The van der Waals surface area contributed by atoms with Crippen LogP contribution in [0.25, 0.3) is 11.1 Å². The number of aromatic nitrogens is 1. The first kappa shape index (κ1) is 19.5. The van der Waals surface area contributed by atoms with E-state index >= 15 is 0 Å². The number of rotatable bonds is 4. The van der Waals surface area contributed by atoms with E-state index < -0.39 is 21.6 Å². The van der Waals surface area contributed by atoms with E-state index in [-0.39, 0.29) is 22.7 Å². The first-order valence-electron chi connectivity index (χ1n) is 9.07. The van der Waals surface area contributed by atoms with E-state index in [0.29, 0.717) is 42.4 Å². The second-order valence-corrected chi connectivity index (χ2v) is 9.02. The highest BCUT2D eigenvalue weighted by Gasteiger charge is 2.50. The number of sulfonamides is 1. The maximum Gasteiger partial charge on any atom is 0.322 e. The second-order valence-electron chi connectivity index (χ2n) is 7.54. The number of benzene rings is 1. The van der Waals surface area contributed by atoms with Crippen molar-refractivity contribution in [1.29, 1.82) is 0 Å². The van der Waals surface area contributed by atoms with Crippen molar-refractivity contribution < 1.29 is 22.4 Å². The van der Waals surface area contributed by atoms with Gasteiger partial charge in [0, 0.05) is 11.8 Å². The normalized spacial score (nSPS) is 24.0. The van der Waals surface area contributed by atoms with Crippen molar-refractivity contribution >= 4 is 22.0 Å². The molecule has 4 rings (SSSR count). The number of amides is 3. The van der Waals surface area contributed by atoms with Crippen molar-refractivity contribution in [2.75, 3.05) is 0 Å². The van der Waals surface area contributed by atoms with E-state index in [9.17, 15) is 22.4 Å². The summed E-state index contributed by atoms with van der Waals surface area (Å²) >= 11 is 0. The average Bonchev–Trinajstić information content (AvgIpc) is 3.17. The van der Waals surface area contributed by atoms with Gasteiger partial charge < -0.3 is 5.32 Å². The van der Waals surface area contributed by atoms with Crippen molar-refractivity contribution in [3.8, 4) is 11.1 Å². The Morgan fingerprint density at radius 3 is 2.55 bits per heavy atom. The average molecular weight is 418 g/mol. The third kappa shape index (κ3) is 3.73. The monoisotopic (exact) mass is 418 g/mol. The molecule has 3 amide bonds. The van der Waals surface area contributed by atoms with E-state index in [0.717, 1.165) is 0 Å². The van der Waals surface area contributed by atoms with Crippen LogP contribution in [0.3, 0.4) is 0 Å². The van der Waals surface area contributed by atoms with Crippen LogP contribution in [0, 0.1) is 11.7 Å². The lowest BCUT2D eigenvalue weighted by molar-refractivity contribution is -0.123. The number of nitrogens with zero attached hydrogens (tertiary/aromatic N) is 1. The number of carbonyl (C=O) groups excluding carboxylic acids is 2. The van der Waals surface area contributed by atoms with Gasteiger partial charge in [-0.15, -0.1) is 0 Å². The van der Waals surface area contributed by atoms with Crippen molar-refractivity contribution in [2.45, 2.75) is 36.2 Å². The number of carbonyl (C=O) groups is 2. The molecule has 2 atom stereocenters. The molecular weight excluding hydrogens is 399 g/mol. The van der Waals surface area contributed by atoms with Gasteiger partial charge in [0.2, 0.25) is 0 Å². The summed E-state index contributed by atoms with van der Waals surface area (Å²) in [4.78, 5) is 27.7. The lowest BCUT2D eigenvalue weighted by Crippen LogP contribution is -2.44. The molecular formula is C19H19FN4O4S. The van der Waals surface area contributed by atoms with Crippen LogP contribution in [-0.4, -0.2) is 30.9 Å². The smallest absolute Gasteiger partial charge is 0.322 e. The molecule has 2 fully saturated rings. The minimum atomic E-state index is -4.05. The Balaban J connectivity index is 1.65. The van der Waals surface area contributed by atoms with Crippen molar-refractivity contribution in [1.82, 2.24) is 15.6 Å². The van der Waals surface area contributed by atoms with Crippen LogP contribution < -0.4 is 15.8 Å². The SMILES string of the molecule is NS(=O)(=O)c1ncc(-c2ccc(F)cc2)cc1CC1CCC2(C1)NC(=O)NC2=O. The number of pyridine rings is 1. The van der Waals surface area contributed by atoms with E-state index in [1.165, 1.54) is 18.3 Å². The molecule has 152 valence electrons. The summed E-state index contributed by atoms with van der Waals surface area (Å²) in [6.45, 7) is 0. The lowest BCUT2D eigenvalue weighted by atomic mass is 9.92. The predicted molar refractivity (Wildman–Crippen MR) is 101 cm³/mol. The van der Waals surface area contributed by atoms with Crippen molar-refractivity contribution in [2.24, 2.45) is 11.1 Å². The van der Waals surface area contributed by atoms with E-state index in [1.807, 2.05) is 0 Å². The zero-order chi connectivity index (χ0) is 20.8. The standard InChI is InChI=1S/C19H19FN4O4S/c20-15-3-1-12(2-4-15)14-8-13(16(22-10-14)29(21,27)28)7-11-5-6-19(9-11)17(25)23-18(26)24-19/h1-4,8,10-11H,5-7,9H2,(H2,21,27,28)(H2,23,24,25,26). The molecule has 0 radical (unpaired) electrons. The van der Waals surface area contributed by atoms with Gasteiger partial charge in [0.25, 0.3) is 15.9 Å². The molecule has 1 aliphatic carbocycles. The number of hydrogen-bond donors (Lipinski definition) is 3. The quantitative estimate of drug-likeness (QED) is 0.647. The maximum atomic E-state index is 13.2. The lowest BCUT2D eigenvalue weighted by Gasteiger charge is -2.20. The molecule has 1 saturated heterocycles. The van der Waals surface area contributed by atoms with E-state index in [2.05, 4.69) is 15.6 Å². The molecule has 2 unspecified atom stereocenters. The highest BCUT2D eigenvalue weighted by molar-refractivity contribution is 7.89. The van der Waals surface area contributed by atoms with E-state index in [1.54, 1.807) is 18.2 Å². The summed E-state index contributed by atoms with van der Waals surface area (Å²) in [5.74, 6) is -0.768. The van der Waals surface area contributed by atoms with Gasteiger partial charge in [0.15, 0.2) is 5.03 Å². The van der Waals surface area contributed by atoms with E-state index in [4.69, 9.17) is 5.14 Å². The minimum absolute atomic E-state index is 0.0371. The molecule has 10 heteroatoms. The summed E-state index contributed by atoms with van der Waals surface area (Å²) in [5.41, 5.74) is 0.811. The van der Waals surface area contributed by atoms with Crippen LogP contribution >= 0.6 is 0 Å². The summed E-state index contributed by atoms with van der Waals surface area (Å²) in [5, 5.41) is 10.1. The molecule has 1 aromatic heterocycles. The fourth-order valence-electron chi connectivity index (χ4n) is 4.18. The maximum absolute atomic E-state index is 13.2. The molecule has 29 heavy (non-hydrogen) atoms. The molecule has 0 bridgehead atoms. The summed E-state index contributed by atoms with van der Waals surface area (Å²) in [7, 11) is -4.05. The van der Waals surface area contributed by atoms with Gasteiger partial charge in [-0.05, 0) is 60.9 Å². The van der Waals surface area contributed by atoms with Crippen molar-refractivity contribution in [3.05, 3.63) is 47.9 Å². The summed E-state index contributed by atoms with van der Waals surface area (Å²) in [6, 6.07) is 6.94. The van der Waals surface area contributed by atoms with Crippen LogP contribution in [0.1, 0.15) is 24.8 Å². The molecule has 2 aromatic rings. The van der Waals surface area contributed by atoms with Gasteiger partial charge in [0.05, 0.1) is 0 Å². The highest BCUT2D eigenvalue weighted by atomic mass is 32.2. The van der Waals surface area contributed by atoms with Gasteiger partial charge in [-0.1, -0.05) is 12.1 Å². The largest absolute Gasteiger partial charge is 0.323 e. The van der Waals surface area contributed by atoms with Gasteiger partial charge in [-0.3, -0.25) is 10.1 Å². The molecule has 1 saturated carbocycles. The molecule has 1 aliphatic heterocycles. The molecule has 1 spiro atoms. The number of hydrogen-bond acceptors (Lipinski definition) is 5. The van der Waals surface area contributed by atoms with Gasteiger partial charge in [0.1, 0.15) is 11.4 Å². The van der Waals surface area contributed by atoms with Crippen molar-refractivity contribution in [3.63, 3.8) is 0 Å². The Kier molecular flexibility index (Phi) is 4.62. The highest BCUT2D eigenvalue weighted by Crippen LogP contribution is 2.39. The Morgan fingerprint density at radius 1 is 1.21 bits per heavy atom. The number of imide groups is 1. The summed E-state index contributed by atoms with van der Waals surface area (Å²) < 4.78 is 37.2. The Morgan fingerprint density at radius 2 is 1.93 bits per heavy atom. The van der Waals surface area contributed by atoms with Crippen LogP contribution in [-0.2, 0) is 21.2 Å². The first-order chi connectivity index (χ1) is 13.7. The number of primary sulfonamides is 1. The molecule has 2 aliphatic rings. The van der Waals surface area contributed by atoms with Gasteiger partial charge in [-0.25, -0.2) is 27.7 Å². The topological polar surface area (TPSA) is 131 Å². The predicted octanol–water partition coefficient (Wildman–Crippen LogP) is 1.46. The third-order valence-electron chi connectivity index (χ3n) is 5.51. The fraction of sp³-hybridized carbons (Fsp3) is 0.316. The summed E-state index contributed by atoms with van der Waals surface area (Å²) in [6.07, 6.45) is 3.23. The van der Waals surface area contributed by atoms with Gasteiger partial charge in [-0.2, -0.15) is 0 Å². The molecule has 2 heterocycles. The molecule has 1 aromatic carbocycles. The zero-order valence-electron chi connectivity index (χ0n) is 15.3. The van der Waals surface area contributed by atoms with Crippen LogP contribution in [0.2, 0.25) is 0 Å². The Labute approximate surface area is 166 Å². The zero-order valence-corrected chi connectivity index (χ0v) is 16.1. The number of nitrogens with two attached hydrogens (primary N) is 1.